The second kappa shape index (κ2) is 10.8. The smallest absolute Gasteiger partial charge is 0.264 e. The summed E-state index contributed by atoms with van der Waals surface area (Å²) in [5.41, 5.74) is 4.57. The summed E-state index contributed by atoms with van der Waals surface area (Å²) in [5, 5.41) is 4.01. The summed E-state index contributed by atoms with van der Waals surface area (Å²) in [6.45, 7) is 1.49. The van der Waals surface area contributed by atoms with Crippen LogP contribution in [0.3, 0.4) is 0 Å². The van der Waals surface area contributed by atoms with Gasteiger partial charge in [0.2, 0.25) is 0 Å². The molecule has 176 valence electrons. The number of carbonyl (C=O) groups excluding carboxylic acids is 1. The van der Waals surface area contributed by atoms with Crippen LogP contribution in [0.2, 0.25) is 0 Å². The first-order valence-corrected chi connectivity index (χ1v) is 13.3. The number of hydrogen-bond donors (Lipinski definition) is 1. The van der Waals surface area contributed by atoms with E-state index in [1.165, 1.54) is 18.3 Å². The molecule has 0 aromatic heterocycles. The van der Waals surface area contributed by atoms with Gasteiger partial charge < -0.3 is 4.74 Å². The normalized spacial score (nSPS) is 13.9. The van der Waals surface area contributed by atoms with Crippen molar-refractivity contribution in [2.24, 2.45) is 5.10 Å². The molecule has 3 aromatic carbocycles. The van der Waals surface area contributed by atoms with Crippen LogP contribution >= 0.6 is 11.8 Å². The van der Waals surface area contributed by atoms with Crippen LogP contribution in [0, 0.1) is 6.92 Å². The van der Waals surface area contributed by atoms with Crippen molar-refractivity contribution < 1.29 is 17.9 Å². The molecule has 4 rings (SSSR count). The number of ether oxygens (including phenoxy) is 1. The van der Waals surface area contributed by atoms with Crippen LogP contribution in [-0.2, 0) is 14.8 Å². The van der Waals surface area contributed by atoms with Gasteiger partial charge in [0.1, 0.15) is 18.4 Å². The van der Waals surface area contributed by atoms with Crippen molar-refractivity contribution in [3.8, 4) is 5.75 Å². The molecule has 7 nitrogen and oxygen atoms in total. The van der Waals surface area contributed by atoms with Gasteiger partial charge in [-0.3, -0.25) is 9.10 Å². The Morgan fingerprint density at radius 3 is 2.50 bits per heavy atom. The molecule has 0 saturated carbocycles. The summed E-state index contributed by atoms with van der Waals surface area (Å²) in [7, 11) is -3.95. The maximum atomic E-state index is 13.3. The number of thioether (sulfide) groups is 1. The van der Waals surface area contributed by atoms with E-state index >= 15 is 0 Å². The fraction of sp³-hybridized carbons (Fsp3) is 0.200. The molecule has 0 radical (unpaired) electrons. The number of carbonyl (C=O) groups is 1. The first kappa shape index (κ1) is 23.8. The van der Waals surface area contributed by atoms with Gasteiger partial charge in [-0.05, 0) is 48.9 Å². The van der Waals surface area contributed by atoms with Gasteiger partial charge in [0.25, 0.3) is 15.9 Å². The molecule has 1 heterocycles. The van der Waals surface area contributed by atoms with E-state index < -0.39 is 22.5 Å². The van der Waals surface area contributed by atoms with Crippen LogP contribution in [0.25, 0.3) is 0 Å². The van der Waals surface area contributed by atoms with Crippen LogP contribution in [0.5, 0.6) is 5.75 Å². The summed E-state index contributed by atoms with van der Waals surface area (Å²) in [6.07, 6.45) is 1.73. The third-order valence-corrected chi connectivity index (χ3v) is 8.11. The molecule has 9 heteroatoms. The zero-order valence-corrected chi connectivity index (χ0v) is 20.3. The maximum Gasteiger partial charge on any atom is 0.264 e. The summed E-state index contributed by atoms with van der Waals surface area (Å²) in [5.74, 6) is 2.16. The maximum absolute atomic E-state index is 13.3. The predicted molar refractivity (Wildman–Crippen MR) is 136 cm³/mol. The highest BCUT2D eigenvalue weighted by molar-refractivity contribution is 8.00. The number of nitrogens with zero attached hydrogens (tertiary/aromatic N) is 2. The molecule has 3 aromatic rings. The van der Waals surface area contributed by atoms with Crippen LogP contribution < -0.4 is 14.5 Å². The number of aryl methyl sites for hydroxylation is 1. The van der Waals surface area contributed by atoms with Crippen molar-refractivity contribution in [3.63, 3.8) is 0 Å². The van der Waals surface area contributed by atoms with Crippen molar-refractivity contribution in [2.45, 2.75) is 17.9 Å². The molecule has 1 N–H and O–H groups in total. The zero-order valence-electron chi connectivity index (χ0n) is 18.6. The number of hydrogen-bond acceptors (Lipinski definition) is 6. The van der Waals surface area contributed by atoms with E-state index in [-0.39, 0.29) is 11.0 Å². The Bertz CT molecular complexity index is 1260. The topological polar surface area (TPSA) is 88.1 Å². The Morgan fingerprint density at radius 2 is 1.82 bits per heavy atom. The van der Waals surface area contributed by atoms with Gasteiger partial charge in [-0.2, -0.15) is 16.9 Å². The van der Waals surface area contributed by atoms with E-state index in [1.54, 1.807) is 42.5 Å². The van der Waals surface area contributed by atoms with E-state index in [1.807, 2.05) is 43.0 Å². The molecule has 1 amide bonds. The van der Waals surface area contributed by atoms with E-state index in [4.69, 9.17) is 4.74 Å². The number of benzene rings is 3. The first-order valence-electron chi connectivity index (χ1n) is 10.7. The van der Waals surface area contributed by atoms with Gasteiger partial charge >= 0.3 is 0 Å². The minimum Gasteiger partial charge on any atom is -0.489 e. The van der Waals surface area contributed by atoms with Gasteiger partial charge in [-0.15, -0.1) is 0 Å². The van der Waals surface area contributed by atoms with E-state index in [0.717, 1.165) is 32.7 Å². The van der Waals surface area contributed by atoms with Crippen LogP contribution in [0.4, 0.5) is 5.69 Å². The summed E-state index contributed by atoms with van der Waals surface area (Å²) in [4.78, 5) is 12.8. The average Bonchev–Trinajstić information content (AvgIpc) is 2.81. The van der Waals surface area contributed by atoms with E-state index in [0.29, 0.717) is 5.69 Å². The van der Waals surface area contributed by atoms with Crippen molar-refractivity contribution in [1.82, 2.24) is 5.43 Å². The van der Waals surface area contributed by atoms with Crippen molar-refractivity contribution in [3.05, 3.63) is 90.0 Å². The second-order valence-electron chi connectivity index (χ2n) is 7.80. The lowest BCUT2D eigenvalue weighted by molar-refractivity contribution is -0.119. The zero-order chi connectivity index (χ0) is 24.0. The summed E-state index contributed by atoms with van der Waals surface area (Å²) in [6, 6.07) is 22.4. The van der Waals surface area contributed by atoms with Gasteiger partial charge in [0.05, 0.1) is 16.8 Å². The second-order valence-corrected chi connectivity index (χ2v) is 10.7. The van der Waals surface area contributed by atoms with Gasteiger partial charge in [-0.25, -0.2) is 13.8 Å². The van der Waals surface area contributed by atoms with Crippen molar-refractivity contribution in [2.75, 3.05) is 22.4 Å². The fourth-order valence-electron chi connectivity index (χ4n) is 3.23. The monoisotopic (exact) mass is 495 g/mol. The third-order valence-electron chi connectivity index (χ3n) is 5.11. The first-order chi connectivity index (χ1) is 16.4. The van der Waals surface area contributed by atoms with Gasteiger partial charge in [0, 0.05) is 11.5 Å². The number of nitrogens with one attached hydrogen (secondary N) is 1. The van der Waals surface area contributed by atoms with Crippen LogP contribution in [0.1, 0.15) is 11.1 Å². The molecule has 0 atom stereocenters. The quantitative estimate of drug-likeness (QED) is 0.360. The highest BCUT2D eigenvalue weighted by Crippen LogP contribution is 2.25. The molecule has 1 fully saturated rings. The third kappa shape index (κ3) is 5.98. The number of anilines is 1. The average molecular weight is 496 g/mol. The molecular weight excluding hydrogens is 470 g/mol. The molecule has 1 aliphatic heterocycles. The predicted octanol–water partition coefficient (Wildman–Crippen LogP) is 3.83. The fourth-order valence-corrected chi connectivity index (χ4v) is 5.24. The molecule has 0 bridgehead atoms. The summed E-state index contributed by atoms with van der Waals surface area (Å²) < 4.78 is 33.5. The molecule has 0 spiro atoms. The lowest BCUT2D eigenvalue weighted by Crippen LogP contribution is -2.39. The lowest BCUT2D eigenvalue weighted by atomic mass is 10.2. The van der Waals surface area contributed by atoms with Gasteiger partial charge in [-0.1, -0.05) is 48.0 Å². The van der Waals surface area contributed by atoms with Crippen molar-refractivity contribution in [1.29, 1.82) is 0 Å². The standard InChI is InChI=1S/C25H25N3O4S2/c1-19-10-12-21(13-11-19)28(34(30,31)24-8-3-2-4-9-24)16-25(29)27-26-15-20-6-5-7-22(14-20)32-23-17-33-18-23/h2-15,23H,16-18H2,1H3,(H,27,29). The number of sulfonamides is 1. The minimum atomic E-state index is -3.95. The molecule has 1 aliphatic rings. The van der Waals surface area contributed by atoms with Crippen molar-refractivity contribution >= 4 is 39.6 Å². The molecular formula is C25H25N3O4S2. The highest BCUT2D eigenvalue weighted by atomic mass is 32.2. The van der Waals surface area contributed by atoms with E-state index in [9.17, 15) is 13.2 Å². The Labute approximate surface area is 203 Å². The molecule has 1 saturated heterocycles. The number of hydrazone groups is 1. The Hall–Kier alpha value is -3.30. The largest absolute Gasteiger partial charge is 0.489 e. The number of amides is 1. The molecule has 0 unspecified atom stereocenters. The Morgan fingerprint density at radius 1 is 1.09 bits per heavy atom. The Kier molecular flexibility index (Phi) is 7.54. The highest BCUT2D eigenvalue weighted by Gasteiger charge is 2.27. The van der Waals surface area contributed by atoms with Crippen LogP contribution in [0.15, 0.2) is 88.9 Å². The minimum absolute atomic E-state index is 0.105. The van der Waals surface area contributed by atoms with Crippen LogP contribution in [-0.4, -0.2) is 44.7 Å². The molecule has 34 heavy (non-hydrogen) atoms. The lowest BCUT2D eigenvalue weighted by Gasteiger charge is -2.25. The summed E-state index contributed by atoms with van der Waals surface area (Å²) >= 11 is 1.84. The molecule has 0 aliphatic carbocycles. The SMILES string of the molecule is Cc1ccc(N(CC(=O)NN=Cc2cccc(OC3CSC3)c2)S(=O)(=O)c2ccccc2)cc1. The van der Waals surface area contributed by atoms with E-state index in [2.05, 4.69) is 10.5 Å². The van der Waals surface area contributed by atoms with Gasteiger partial charge in [0.15, 0.2) is 0 Å². The Balaban J connectivity index is 1.46. The number of rotatable bonds is 9.